The monoisotopic (exact) mass is 218 g/mol. The molecule has 0 saturated carbocycles. The van der Waals surface area contributed by atoms with Gasteiger partial charge in [-0.2, -0.15) is 0 Å². The van der Waals surface area contributed by atoms with Gasteiger partial charge in [0.25, 0.3) is 0 Å². The second kappa shape index (κ2) is 4.78. The molecular weight excluding hydrogens is 200 g/mol. The number of carbonyl (C=O) groups excluding carboxylic acids is 1. The minimum absolute atomic E-state index is 0.226. The lowest BCUT2D eigenvalue weighted by molar-refractivity contribution is -0.210. The first-order chi connectivity index (χ1) is 7.01. The number of nitrogens with zero attached hydrogens (tertiary/aromatic N) is 1. The average Bonchev–Trinajstić information content (AvgIpc) is 2.16. The van der Waals surface area contributed by atoms with E-state index in [1.54, 1.807) is 6.92 Å². The van der Waals surface area contributed by atoms with Crippen LogP contribution in [0, 0.1) is 0 Å². The van der Waals surface area contributed by atoms with Crippen LogP contribution in [0.15, 0.2) is 0 Å². The van der Waals surface area contributed by atoms with E-state index in [0.717, 1.165) is 6.42 Å². The number of hydrogen-bond donors (Lipinski definition) is 2. The maximum atomic E-state index is 10.9. The summed E-state index contributed by atoms with van der Waals surface area (Å²) in [6.07, 6.45) is 0.613. The Labute approximate surface area is 88.9 Å². The summed E-state index contributed by atoms with van der Waals surface area (Å²) in [7, 11) is 1.24. The standard InChI is InChI=1S/C9H18N2O4/c1-9(13)4-3-5-11(7(9)6-10)15-8(12)14-2/h7,13H,3-6,10H2,1-2H3. The number of hydroxylamine groups is 2. The van der Waals surface area contributed by atoms with Crippen molar-refractivity contribution in [1.82, 2.24) is 5.06 Å². The van der Waals surface area contributed by atoms with E-state index in [-0.39, 0.29) is 12.6 Å². The van der Waals surface area contributed by atoms with Gasteiger partial charge >= 0.3 is 6.16 Å². The molecule has 3 N–H and O–H groups in total. The maximum Gasteiger partial charge on any atom is 0.527 e. The fourth-order valence-electron chi connectivity index (χ4n) is 1.84. The fraction of sp³-hybridized carbons (Fsp3) is 0.889. The Kier molecular flexibility index (Phi) is 3.90. The highest BCUT2D eigenvalue weighted by Crippen LogP contribution is 2.27. The summed E-state index contributed by atoms with van der Waals surface area (Å²) in [6, 6.07) is -0.384. The summed E-state index contributed by atoms with van der Waals surface area (Å²) in [4.78, 5) is 15.9. The largest absolute Gasteiger partial charge is 0.527 e. The van der Waals surface area contributed by atoms with E-state index in [2.05, 4.69) is 4.74 Å². The number of ether oxygens (including phenoxy) is 1. The molecule has 0 bridgehead atoms. The number of rotatable bonds is 2. The summed E-state index contributed by atoms with van der Waals surface area (Å²) in [5.41, 5.74) is 4.62. The molecule has 0 aromatic carbocycles. The molecule has 0 spiro atoms. The molecule has 1 aliphatic heterocycles. The predicted molar refractivity (Wildman–Crippen MR) is 52.9 cm³/mol. The Bertz CT molecular complexity index is 232. The zero-order chi connectivity index (χ0) is 11.5. The Morgan fingerprint density at radius 1 is 1.73 bits per heavy atom. The summed E-state index contributed by atoms with van der Waals surface area (Å²) >= 11 is 0. The zero-order valence-corrected chi connectivity index (χ0v) is 9.10. The van der Waals surface area contributed by atoms with Crippen LogP contribution >= 0.6 is 0 Å². The smallest absolute Gasteiger partial charge is 0.436 e. The molecule has 6 heteroatoms. The molecule has 0 radical (unpaired) electrons. The lowest BCUT2D eigenvalue weighted by Crippen LogP contribution is -2.58. The van der Waals surface area contributed by atoms with Crippen LogP contribution in [0.2, 0.25) is 0 Å². The van der Waals surface area contributed by atoms with E-state index < -0.39 is 11.8 Å². The lowest BCUT2D eigenvalue weighted by Gasteiger charge is -2.42. The molecular formula is C9H18N2O4. The van der Waals surface area contributed by atoms with Crippen molar-refractivity contribution in [2.24, 2.45) is 5.73 Å². The summed E-state index contributed by atoms with van der Waals surface area (Å²) in [5.74, 6) is 0. The van der Waals surface area contributed by atoms with E-state index in [0.29, 0.717) is 13.0 Å². The van der Waals surface area contributed by atoms with Crippen molar-refractivity contribution in [3.8, 4) is 0 Å². The fourth-order valence-corrected chi connectivity index (χ4v) is 1.84. The molecule has 0 aromatic heterocycles. The highest BCUT2D eigenvalue weighted by Gasteiger charge is 2.40. The molecule has 15 heavy (non-hydrogen) atoms. The minimum atomic E-state index is -0.930. The number of piperidine rings is 1. The first-order valence-electron chi connectivity index (χ1n) is 4.96. The molecule has 88 valence electrons. The topological polar surface area (TPSA) is 85.0 Å². The van der Waals surface area contributed by atoms with E-state index in [9.17, 15) is 9.90 Å². The van der Waals surface area contributed by atoms with Crippen LogP contribution in [0.4, 0.5) is 4.79 Å². The average molecular weight is 218 g/mol. The first kappa shape index (κ1) is 12.2. The van der Waals surface area contributed by atoms with Gasteiger partial charge in [0, 0.05) is 13.1 Å². The van der Waals surface area contributed by atoms with Crippen molar-refractivity contribution in [1.29, 1.82) is 0 Å². The normalized spacial score (nSPS) is 32.4. The van der Waals surface area contributed by atoms with Crippen LogP contribution in [-0.4, -0.2) is 48.2 Å². The molecule has 0 amide bonds. The molecule has 2 atom stereocenters. The van der Waals surface area contributed by atoms with Crippen LogP contribution in [0.25, 0.3) is 0 Å². The van der Waals surface area contributed by atoms with Crippen molar-refractivity contribution in [3.63, 3.8) is 0 Å². The molecule has 0 aliphatic carbocycles. The van der Waals surface area contributed by atoms with Crippen molar-refractivity contribution >= 4 is 6.16 Å². The van der Waals surface area contributed by atoms with E-state index in [1.165, 1.54) is 12.2 Å². The van der Waals surface area contributed by atoms with Crippen LogP contribution in [-0.2, 0) is 9.57 Å². The minimum Gasteiger partial charge on any atom is -0.436 e. The van der Waals surface area contributed by atoms with E-state index in [4.69, 9.17) is 10.6 Å². The van der Waals surface area contributed by atoms with Crippen LogP contribution in [0.1, 0.15) is 19.8 Å². The maximum absolute atomic E-state index is 10.9. The number of aliphatic hydroxyl groups is 1. The van der Waals surface area contributed by atoms with Gasteiger partial charge in [0.05, 0.1) is 18.8 Å². The van der Waals surface area contributed by atoms with Gasteiger partial charge in [-0.1, -0.05) is 0 Å². The number of nitrogens with two attached hydrogens (primary N) is 1. The molecule has 1 heterocycles. The quantitative estimate of drug-likeness (QED) is 0.627. The third kappa shape index (κ3) is 2.80. The summed E-state index contributed by atoms with van der Waals surface area (Å²) in [6.45, 7) is 2.48. The molecule has 1 rings (SSSR count). The van der Waals surface area contributed by atoms with E-state index >= 15 is 0 Å². The third-order valence-electron chi connectivity index (χ3n) is 2.71. The van der Waals surface area contributed by atoms with Crippen molar-refractivity contribution in [2.45, 2.75) is 31.4 Å². The van der Waals surface area contributed by atoms with Crippen LogP contribution in [0.3, 0.4) is 0 Å². The molecule has 0 aromatic rings. The third-order valence-corrected chi connectivity index (χ3v) is 2.71. The van der Waals surface area contributed by atoms with Gasteiger partial charge in [-0.3, -0.25) is 0 Å². The van der Waals surface area contributed by atoms with Crippen molar-refractivity contribution in [3.05, 3.63) is 0 Å². The zero-order valence-electron chi connectivity index (χ0n) is 9.10. The van der Waals surface area contributed by atoms with Gasteiger partial charge in [-0.15, -0.1) is 5.06 Å². The molecule has 6 nitrogen and oxygen atoms in total. The second-order valence-corrected chi connectivity index (χ2v) is 3.90. The van der Waals surface area contributed by atoms with Gasteiger partial charge in [0.2, 0.25) is 0 Å². The van der Waals surface area contributed by atoms with Crippen LogP contribution in [0.5, 0.6) is 0 Å². The molecule has 1 fully saturated rings. The highest BCUT2D eigenvalue weighted by atomic mass is 16.8. The second-order valence-electron chi connectivity index (χ2n) is 3.90. The van der Waals surface area contributed by atoms with Gasteiger partial charge < -0.3 is 20.4 Å². The Hall–Kier alpha value is -0.850. The van der Waals surface area contributed by atoms with Gasteiger partial charge in [0.15, 0.2) is 0 Å². The van der Waals surface area contributed by atoms with Crippen molar-refractivity contribution < 1.29 is 19.5 Å². The summed E-state index contributed by atoms with van der Waals surface area (Å²) < 4.78 is 4.39. The Morgan fingerprint density at radius 2 is 2.40 bits per heavy atom. The van der Waals surface area contributed by atoms with Gasteiger partial charge in [-0.05, 0) is 19.8 Å². The lowest BCUT2D eigenvalue weighted by atomic mass is 9.87. The molecule has 1 aliphatic rings. The Balaban J connectivity index is 2.65. The number of methoxy groups -OCH3 is 1. The first-order valence-corrected chi connectivity index (χ1v) is 4.96. The highest BCUT2D eigenvalue weighted by molar-refractivity contribution is 5.59. The predicted octanol–water partition coefficient (Wildman–Crippen LogP) is -0.141. The van der Waals surface area contributed by atoms with Gasteiger partial charge in [0.1, 0.15) is 0 Å². The van der Waals surface area contributed by atoms with Crippen molar-refractivity contribution in [2.75, 3.05) is 20.2 Å². The molecule has 2 unspecified atom stereocenters. The number of hydrogen-bond acceptors (Lipinski definition) is 6. The SMILES string of the molecule is COC(=O)ON1CCCC(C)(O)C1CN. The van der Waals surface area contributed by atoms with Gasteiger partial charge in [-0.25, -0.2) is 4.79 Å². The number of carbonyl (C=O) groups is 1. The van der Waals surface area contributed by atoms with Crippen LogP contribution < -0.4 is 5.73 Å². The molecule has 1 saturated heterocycles. The summed E-state index contributed by atoms with van der Waals surface area (Å²) in [5, 5.41) is 11.4. The van der Waals surface area contributed by atoms with E-state index in [1.807, 2.05) is 0 Å². The Morgan fingerprint density at radius 3 is 2.93 bits per heavy atom.